The summed E-state index contributed by atoms with van der Waals surface area (Å²) in [6, 6.07) is 16.9. The van der Waals surface area contributed by atoms with E-state index in [9.17, 15) is 4.79 Å². The number of amides is 2. The summed E-state index contributed by atoms with van der Waals surface area (Å²) in [5.74, 6) is 1.50. The van der Waals surface area contributed by atoms with Crippen LogP contribution in [0.15, 0.2) is 59.0 Å². The van der Waals surface area contributed by atoms with Crippen LogP contribution < -0.4 is 15.4 Å². The van der Waals surface area contributed by atoms with Crippen molar-refractivity contribution in [1.29, 1.82) is 0 Å². The van der Waals surface area contributed by atoms with Crippen molar-refractivity contribution in [2.24, 2.45) is 0 Å². The number of nitrogens with one attached hydrogen (secondary N) is 2. The summed E-state index contributed by atoms with van der Waals surface area (Å²) in [7, 11) is 1.62. The number of hydrogen-bond donors (Lipinski definition) is 2. The van der Waals surface area contributed by atoms with Crippen LogP contribution in [0.25, 0.3) is 11.0 Å². The average Bonchev–Trinajstić information content (AvgIpc) is 3.04. The van der Waals surface area contributed by atoms with Gasteiger partial charge in [-0.05, 0) is 36.8 Å². The highest BCUT2D eigenvalue weighted by molar-refractivity contribution is 5.78. The zero-order chi connectivity index (χ0) is 16.9. The van der Waals surface area contributed by atoms with Crippen molar-refractivity contribution in [3.05, 3.63) is 65.9 Å². The Morgan fingerprint density at radius 1 is 1.17 bits per heavy atom. The third-order valence-electron chi connectivity index (χ3n) is 3.81. The number of methoxy groups -OCH3 is 1. The van der Waals surface area contributed by atoms with Crippen LogP contribution in [0, 0.1) is 0 Å². The van der Waals surface area contributed by atoms with Crippen molar-refractivity contribution < 1.29 is 13.9 Å². The summed E-state index contributed by atoms with van der Waals surface area (Å²) in [6.45, 7) is 2.32. The van der Waals surface area contributed by atoms with Crippen molar-refractivity contribution >= 4 is 17.0 Å². The third-order valence-corrected chi connectivity index (χ3v) is 3.81. The van der Waals surface area contributed by atoms with Crippen LogP contribution in [0.2, 0.25) is 0 Å². The maximum atomic E-state index is 12.1. The first-order valence-corrected chi connectivity index (χ1v) is 7.81. The number of carbonyl (C=O) groups is 1. The van der Waals surface area contributed by atoms with Crippen molar-refractivity contribution in [2.75, 3.05) is 7.11 Å². The molecule has 0 saturated heterocycles. The standard InChI is InChI=1S/C19H20N2O3/c1-13(18-11-15-7-3-4-9-17(15)24-18)21-19(22)20-12-14-6-5-8-16(10-14)23-2/h3-11,13H,12H2,1-2H3,(H2,20,21,22)/t13-/m0/s1. The molecule has 3 aromatic rings. The Morgan fingerprint density at radius 2 is 2.00 bits per heavy atom. The Hall–Kier alpha value is -2.95. The van der Waals surface area contributed by atoms with E-state index in [0.717, 1.165) is 28.0 Å². The fraction of sp³-hybridized carbons (Fsp3) is 0.211. The molecule has 0 aliphatic carbocycles. The van der Waals surface area contributed by atoms with Crippen LogP contribution in [0.3, 0.4) is 0 Å². The molecular weight excluding hydrogens is 304 g/mol. The Labute approximate surface area is 140 Å². The predicted octanol–water partition coefficient (Wildman–Crippen LogP) is 4.00. The van der Waals surface area contributed by atoms with Crippen molar-refractivity contribution in [3.8, 4) is 5.75 Å². The quantitative estimate of drug-likeness (QED) is 0.745. The average molecular weight is 324 g/mol. The zero-order valence-electron chi connectivity index (χ0n) is 13.7. The van der Waals surface area contributed by atoms with E-state index >= 15 is 0 Å². The minimum Gasteiger partial charge on any atom is -0.497 e. The van der Waals surface area contributed by atoms with Crippen LogP contribution in [0.5, 0.6) is 5.75 Å². The summed E-state index contributed by atoms with van der Waals surface area (Å²) in [6.07, 6.45) is 0. The van der Waals surface area contributed by atoms with Crippen LogP contribution in [0.4, 0.5) is 4.79 Å². The lowest BCUT2D eigenvalue weighted by molar-refractivity contribution is 0.236. The second-order valence-corrected chi connectivity index (χ2v) is 5.59. The highest BCUT2D eigenvalue weighted by atomic mass is 16.5. The van der Waals surface area contributed by atoms with Gasteiger partial charge in [0, 0.05) is 11.9 Å². The molecule has 5 nitrogen and oxygen atoms in total. The number of fused-ring (bicyclic) bond motifs is 1. The monoisotopic (exact) mass is 324 g/mol. The molecule has 0 fully saturated rings. The van der Waals surface area contributed by atoms with E-state index in [2.05, 4.69) is 10.6 Å². The van der Waals surface area contributed by atoms with Gasteiger partial charge in [0.2, 0.25) is 0 Å². The van der Waals surface area contributed by atoms with Gasteiger partial charge < -0.3 is 19.8 Å². The second-order valence-electron chi connectivity index (χ2n) is 5.59. The predicted molar refractivity (Wildman–Crippen MR) is 93.0 cm³/mol. The van der Waals surface area contributed by atoms with Gasteiger partial charge in [0.05, 0.1) is 13.2 Å². The van der Waals surface area contributed by atoms with E-state index in [1.807, 2.05) is 61.5 Å². The maximum absolute atomic E-state index is 12.1. The Morgan fingerprint density at radius 3 is 2.79 bits per heavy atom. The van der Waals surface area contributed by atoms with Crippen LogP contribution >= 0.6 is 0 Å². The fourth-order valence-corrected chi connectivity index (χ4v) is 2.50. The maximum Gasteiger partial charge on any atom is 0.315 e. The third kappa shape index (κ3) is 3.68. The number of ether oxygens (including phenoxy) is 1. The second kappa shape index (κ2) is 7.08. The van der Waals surface area contributed by atoms with Gasteiger partial charge in [0.1, 0.15) is 17.1 Å². The molecule has 1 aromatic heterocycles. The minimum atomic E-state index is -0.245. The molecule has 0 aliphatic heterocycles. The number of para-hydroxylation sites is 1. The van der Waals surface area contributed by atoms with E-state index < -0.39 is 0 Å². The lowest BCUT2D eigenvalue weighted by Crippen LogP contribution is -2.36. The van der Waals surface area contributed by atoms with Crippen molar-refractivity contribution in [2.45, 2.75) is 19.5 Å². The van der Waals surface area contributed by atoms with Gasteiger partial charge in [-0.25, -0.2) is 4.79 Å². The molecule has 2 aromatic carbocycles. The number of furan rings is 1. The smallest absolute Gasteiger partial charge is 0.315 e. The molecule has 0 unspecified atom stereocenters. The van der Waals surface area contributed by atoms with Gasteiger partial charge in [0.15, 0.2) is 0 Å². The SMILES string of the molecule is COc1cccc(CNC(=O)N[C@@H](C)c2cc3ccccc3o2)c1. The van der Waals surface area contributed by atoms with E-state index in [1.54, 1.807) is 7.11 Å². The molecule has 3 rings (SSSR count). The van der Waals surface area contributed by atoms with E-state index in [-0.39, 0.29) is 12.1 Å². The Kier molecular flexibility index (Phi) is 4.70. The van der Waals surface area contributed by atoms with Crippen LogP contribution in [-0.4, -0.2) is 13.1 Å². The van der Waals surface area contributed by atoms with Gasteiger partial charge in [-0.15, -0.1) is 0 Å². The molecule has 5 heteroatoms. The molecule has 1 heterocycles. The molecular formula is C19H20N2O3. The molecule has 2 amide bonds. The highest BCUT2D eigenvalue weighted by Gasteiger charge is 2.13. The zero-order valence-corrected chi connectivity index (χ0v) is 13.7. The van der Waals surface area contributed by atoms with Crippen molar-refractivity contribution in [1.82, 2.24) is 10.6 Å². The van der Waals surface area contributed by atoms with E-state index in [0.29, 0.717) is 6.54 Å². The summed E-state index contributed by atoms with van der Waals surface area (Å²) in [5, 5.41) is 6.74. The molecule has 0 radical (unpaired) electrons. The van der Waals surface area contributed by atoms with E-state index in [4.69, 9.17) is 9.15 Å². The Bertz CT molecular complexity index is 808. The van der Waals surface area contributed by atoms with Gasteiger partial charge in [-0.1, -0.05) is 30.3 Å². The lowest BCUT2D eigenvalue weighted by Gasteiger charge is -2.13. The molecule has 2 N–H and O–H groups in total. The molecule has 0 saturated carbocycles. The first-order valence-electron chi connectivity index (χ1n) is 7.81. The summed E-state index contributed by atoms with van der Waals surface area (Å²) < 4.78 is 10.9. The summed E-state index contributed by atoms with van der Waals surface area (Å²) in [5.41, 5.74) is 1.79. The molecule has 24 heavy (non-hydrogen) atoms. The summed E-state index contributed by atoms with van der Waals surface area (Å²) >= 11 is 0. The molecule has 0 spiro atoms. The van der Waals surface area contributed by atoms with Gasteiger partial charge in [0.25, 0.3) is 0 Å². The van der Waals surface area contributed by atoms with Gasteiger partial charge in [-0.3, -0.25) is 0 Å². The number of hydrogen-bond acceptors (Lipinski definition) is 3. The Balaban J connectivity index is 1.57. The highest BCUT2D eigenvalue weighted by Crippen LogP contribution is 2.23. The van der Waals surface area contributed by atoms with Crippen LogP contribution in [-0.2, 0) is 6.54 Å². The minimum absolute atomic E-state index is 0.220. The number of rotatable bonds is 5. The number of benzene rings is 2. The fourth-order valence-electron chi connectivity index (χ4n) is 2.50. The van der Waals surface area contributed by atoms with Gasteiger partial charge in [-0.2, -0.15) is 0 Å². The number of urea groups is 1. The summed E-state index contributed by atoms with van der Waals surface area (Å²) in [4.78, 5) is 12.1. The molecule has 0 aliphatic rings. The topological polar surface area (TPSA) is 63.5 Å². The molecule has 1 atom stereocenters. The first-order chi connectivity index (χ1) is 11.7. The van der Waals surface area contributed by atoms with Crippen molar-refractivity contribution in [3.63, 3.8) is 0 Å². The normalized spacial score (nSPS) is 11.9. The number of carbonyl (C=O) groups excluding carboxylic acids is 1. The molecule has 124 valence electrons. The van der Waals surface area contributed by atoms with E-state index in [1.165, 1.54) is 0 Å². The largest absolute Gasteiger partial charge is 0.497 e. The lowest BCUT2D eigenvalue weighted by atomic mass is 10.2. The first kappa shape index (κ1) is 15.9. The molecule has 0 bridgehead atoms. The van der Waals surface area contributed by atoms with Crippen LogP contribution in [0.1, 0.15) is 24.3 Å². The van der Waals surface area contributed by atoms with Gasteiger partial charge >= 0.3 is 6.03 Å².